The molecule has 0 bridgehead atoms. The Hall–Kier alpha value is -3.47. The van der Waals surface area contributed by atoms with Gasteiger partial charge in [-0.25, -0.2) is 24.1 Å². The first-order valence-electron chi connectivity index (χ1n) is 11.1. The molecule has 2 amide bonds. The van der Waals surface area contributed by atoms with E-state index in [1.54, 1.807) is 0 Å². The van der Waals surface area contributed by atoms with Gasteiger partial charge in [0, 0.05) is 25.3 Å². The van der Waals surface area contributed by atoms with Crippen molar-refractivity contribution in [2.24, 2.45) is 0 Å². The van der Waals surface area contributed by atoms with Gasteiger partial charge >= 0.3 is 6.03 Å². The van der Waals surface area contributed by atoms with E-state index in [9.17, 15) is 9.18 Å². The maximum absolute atomic E-state index is 15.0. The Labute approximate surface area is 190 Å². The molecule has 2 atom stereocenters. The quantitative estimate of drug-likeness (QED) is 0.554. The van der Waals surface area contributed by atoms with Crippen LogP contribution in [0.3, 0.4) is 0 Å². The molecule has 0 saturated carbocycles. The first kappa shape index (κ1) is 21.4. The van der Waals surface area contributed by atoms with E-state index < -0.39 is 18.2 Å². The topological polar surface area (TPSA) is 111 Å². The summed E-state index contributed by atoms with van der Waals surface area (Å²) in [6.07, 6.45) is 0.734. The van der Waals surface area contributed by atoms with Crippen molar-refractivity contribution >= 4 is 34.6 Å². The first-order chi connectivity index (χ1) is 16.1. The number of piperidine rings is 1. The smallest absolute Gasteiger partial charge is 0.319 e. The van der Waals surface area contributed by atoms with Crippen molar-refractivity contribution in [3.8, 4) is 0 Å². The lowest BCUT2D eigenvalue weighted by Gasteiger charge is -2.34. The van der Waals surface area contributed by atoms with Gasteiger partial charge in [-0.05, 0) is 25.5 Å². The van der Waals surface area contributed by atoms with E-state index in [0.29, 0.717) is 49.0 Å². The molecule has 2 fully saturated rings. The molecular weight excluding hydrogens is 427 g/mol. The van der Waals surface area contributed by atoms with Crippen molar-refractivity contribution in [1.29, 1.82) is 0 Å². The lowest BCUT2D eigenvalue weighted by molar-refractivity contribution is 0.122. The molecule has 11 heteroatoms. The van der Waals surface area contributed by atoms with Crippen LogP contribution >= 0.6 is 0 Å². The lowest BCUT2D eigenvalue weighted by atomic mass is 10.0. The Morgan fingerprint density at radius 1 is 1.15 bits per heavy atom. The third kappa shape index (κ3) is 4.68. The van der Waals surface area contributed by atoms with Crippen molar-refractivity contribution in [3.05, 3.63) is 36.2 Å². The minimum absolute atomic E-state index is 0.121. The second-order valence-corrected chi connectivity index (χ2v) is 8.38. The van der Waals surface area contributed by atoms with Crippen LogP contribution in [0.25, 0.3) is 11.2 Å². The molecule has 0 aliphatic carbocycles. The number of nitrogens with zero attached hydrogens (tertiary/aromatic N) is 5. The van der Waals surface area contributed by atoms with E-state index in [2.05, 4.69) is 30.5 Å². The van der Waals surface area contributed by atoms with Gasteiger partial charge in [-0.3, -0.25) is 0 Å². The molecule has 3 N–H and O–H groups in total. The molecule has 2 aromatic heterocycles. The summed E-state index contributed by atoms with van der Waals surface area (Å²) < 4.78 is 20.4. The Morgan fingerprint density at radius 3 is 2.70 bits per heavy atom. The molecule has 1 aromatic carbocycles. The van der Waals surface area contributed by atoms with E-state index in [0.717, 1.165) is 24.5 Å². The Bertz CT molecular complexity index is 1120. The van der Waals surface area contributed by atoms with Crippen LogP contribution in [0.5, 0.6) is 0 Å². The number of nitrogens with one attached hydrogen (secondary N) is 3. The van der Waals surface area contributed by atoms with Crippen LogP contribution in [-0.2, 0) is 4.74 Å². The Morgan fingerprint density at radius 2 is 1.94 bits per heavy atom. The van der Waals surface area contributed by atoms with Crippen LogP contribution in [0.1, 0.15) is 12.0 Å². The second-order valence-electron chi connectivity index (χ2n) is 8.38. The van der Waals surface area contributed by atoms with Crippen molar-refractivity contribution in [3.63, 3.8) is 0 Å². The number of benzene rings is 1. The second kappa shape index (κ2) is 9.18. The van der Waals surface area contributed by atoms with Crippen LogP contribution in [-0.4, -0.2) is 77.6 Å². The van der Waals surface area contributed by atoms with Gasteiger partial charge in [0.25, 0.3) is 0 Å². The standard InChI is InChI=1S/C22H27FN8O2/c1-14-2-4-15(5-3-14)26-22(32)27-17-6-7-31(12-16(17)23)21-28-18-19(29-21)24-13-25-20(18)30-8-10-33-11-9-30/h2-5,13,16-17H,6-12H2,1H3,(H2,26,27,32)(H,24,25,28,29). The summed E-state index contributed by atoms with van der Waals surface area (Å²) in [5.41, 5.74) is 3.06. The Balaban J connectivity index is 1.23. The summed E-state index contributed by atoms with van der Waals surface area (Å²) in [5.74, 6) is 1.32. The first-order valence-corrected chi connectivity index (χ1v) is 11.1. The predicted molar refractivity (Wildman–Crippen MR) is 124 cm³/mol. The number of imidazole rings is 1. The van der Waals surface area contributed by atoms with Crippen molar-refractivity contribution in [1.82, 2.24) is 25.3 Å². The van der Waals surface area contributed by atoms with E-state index in [-0.39, 0.29) is 6.54 Å². The van der Waals surface area contributed by atoms with Gasteiger partial charge < -0.3 is 30.2 Å². The van der Waals surface area contributed by atoms with Crippen molar-refractivity contribution in [2.45, 2.75) is 25.6 Å². The monoisotopic (exact) mass is 454 g/mol. The van der Waals surface area contributed by atoms with Crippen LogP contribution in [0.4, 0.5) is 26.6 Å². The fourth-order valence-electron chi connectivity index (χ4n) is 4.19. The minimum Gasteiger partial charge on any atom is -0.378 e. The van der Waals surface area contributed by atoms with E-state index in [1.165, 1.54) is 6.33 Å². The van der Waals surface area contributed by atoms with E-state index >= 15 is 0 Å². The Kier molecular flexibility index (Phi) is 5.95. The number of carbonyl (C=O) groups excluding carboxylic acids is 1. The van der Waals surface area contributed by atoms with Gasteiger partial charge in [0.05, 0.1) is 25.8 Å². The van der Waals surface area contributed by atoms with Gasteiger partial charge in [-0.1, -0.05) is 17.7 Å². The van der Waals surface area contributed by atoms with Crippen LogP contribution in [0, 0.1) is 6.92 Å². The average molecular weight is 455 g/mol. The largest absolute Gasteiger partial charge is 0.378 e. The molecule has 2 aliphatic heterocycles. The third-order valence-corrected chi connectivity index (χ3v) is 6.03. The SMILES string of the molecule is Cc1ccc(NC(=O)NC2CCN(c3nc4c(N5CCOCC5)ncnc4[nH]3)CC2F)cc1. The molecule has 2 saturated heterocycles. The number of aromatic amines is 1. The number of aryl methyl sites for hydroxylation is 1. The fourth-order valence-corrected chi connectivity index (χ4v) is 4.19. The summed E-state index contributed by atoms with van der Waals surface area (Å²) in [5, 5.41) is 5.52. The number of amides is 2. The number of ether oxygens (including phenoxy) is 1. The van der Waals surface area contributed by atoms with E-state index in [1.807, 2.05) is 36.1 Å². The molecular formula is C22H27FN8O2. The molecule has 3 aromatic rings. The van der Waals surface area contributed by atoms with Crippen LogP contribution in [0.15, 0.2) is 30.6 Å². The number of anilines is 3. The van der Waals surface area contributed by atoms with Crippen LogP contribution in [0.2, 0.25) is 0 Å². The summed E-state index contributed by atoms with van der Waals surface area (Å²) >= 11 is 0. The molecule has 174 valence electrons. The van der Waals surface area contributed by atoms with Gasteiger partial charge in [-0.2, -0.15) is 0 Å². The number of urea groups is 1. The molecule has 5 rings (SSSR count). The number of carbonyl (C=O) groups is 1. The zero-order valence-corrected chi connectivity index (χ0v) is 18.4. The van der Waals surface area contributed by atoms with Crippen molar-refractivity contribution in [2.75, 3.05) is 54.5 Å². The number of rotatable bonds is 4. The number of H-pyrrole nitrogens is 1. The van der Waals surface area contributed by atoms with Crippen molar-refractivity contribution < 1.29 is 13.9 Å². The third-order valence-electron chi connectivity index (χ3n) is 6.03. The number of hydrogen-bond acceptors (Lipinski definition) is 7. The molecule has 2 aliphatic rings. The summed E-state index contributed by atoms with van der Waals surface area (Å²) in [4.78, 5) is 32.9. The molecule has 10 nitrogen and oxygen atoms in total. The van der Waals surface area contributed by atoms with Gasteiger partial charge in [0.2, 0.25) is 5.95 Å². The average Bonchev–Trinajstić information content (AvgIpc) is 3.27. The fraction of sp³-hybridized carbons (Fsp3) is 0.455. The summed E-state index contributed by atoms with van der Waals surface area (Å²) in [7, 11) is 0. The van der Waals surface area contributed by atoms with Crippen LogP contribution < -0.4 is 20.4 Å². The number of fused-ring (bicyclic) bond motifs is 1. The summed E-state index contributed by atoms with van der Waals surface area (Å²) in [6, 6.07) is 6.48. The molecule has 4 heterocycles. The molecule has 0 radical (unpaired) electrons. The molecule has 33 heavy (non-hydrogen) atoms. The highest BCUT2D eigenvalue weighted by molar-refractivity contribution is 5.89. The van der Waals surface area contributed by atoms with E-state index in [4.69, 9.17) is 9.72 Å². The van der Waals surface area contributed by atoms with Gasteiger partial charge in [0.1, 0.15) is 12.5 Å². The highest BCUT2D eigenvalue weighted by atomic mass is 19.1. The normalized spacial score (nSPS) is 21.3. The molecule has 0 spiro atoms. The zero-order valence-electron chi connectivity index (χ0n) is 18.4. The summed E-state index contributed by atoms with van der Waals surface area (Å²) in [6.45, 7) is 5.41. The highest BCUT2D eigenvalue weighted by Gasteiger charge is 2.32. The lowest BCUT2D eigenvalue weighted by Crippen LogP contribution is -2.53. The number of alkyl halides is 1. The number of halogens is 1. The number of morpholine rings is 1. The zero-order chi connectivity index (χ0) is 22.8. The van der Waals surface area contributed by atoms with Gasteiger partial charge in [-0.15, -0.1) is 0 Å². The predicted octanol–water partition coefficient (Wildman–Crippen LogP) is 2.24. The van der Waals surface area contributed by atoms with Gasteiger partial charge in [0.15, 0.2) is 17.0 Å². The minimum atomic E-state index is -1.24. The maximum Gasteiger partial charge on any atom is 0.319 e. The number of aromatic nitrogens is 4. The number of hydrogen-bond donors (Lipinski definition) is 3. The molecule has 2 unspecified atom stereocenters. The maximum atomic E-state index is 15.0. The highest BCUT2D eigenvalue weighted by Crippen LogP contribution is 2.26.